The van der Waals surface area contributed by atoms with E-state index in [1.54, 1.807) is 6.92 Å². The summed E-state index contributed by atoms with van der Waals surface area (Å²) in [6.07, 6.45) is 13.2. The average molecular weight is 647 g/mol. The summed E-state index contributed by atoms with van der Waals surface area (Å²) in [5, 5.41) is 18.7. The van der Waals surface area contributed by atoms with Crippen LogP contribution >= 0.6 is 0 Å². The van der Waals surface area contributed by atoms with Crippen molar-refractivity contribution in [3.63, 3.8) is 0 Å². The monoisotopic (exact) mass is 646 g/mol. The summed E-state index contributed by atoms with van der Waals surface area (Å²) < 4.78 is 11.0. The molecule has 2 aromatic carbocycles. The van der Waals surface area contributed by atoms with Crippen LogP contribution in [0.15, 0.2) is 66.8 Å². The van der Waals surface area contributed by atoms with Crippen molar-refractivity contribution < 1.29 is 29.3 Å². The number of rotatable bonds is 20. The van der Waals surface area contributed by atoms with E-state index < -0.39 is 17.9 Å². The van der Waals surface area contributed by atoms with Gasteiger partial charge in [0.15, 0.2) is 0 Å². The normalized spacial score (nSPS) is 16.9. The summed E-state index contributed by atoms with van der Waals surface area (Å²) in [6.45, 7) is 13.1. The molecule has 0 radical (unpaired) electrons. The Morgan fingerprint density at radius 2 is 1.47 bits per heavy atom. The molecule has 6 nitrogen and oxygen atoms in total. The highest BCUT2D eigenvalue weighted by molar-refractivity contribution is 5.88. The van der Waals surface area contributed by atoms with Crippen LogP contribution in [0.5, 0.6) is 0 Å². The van der Waals surface area contributed by atoms with Crippen LogP contribution in [0.25, 0.3) is 11.1 Å². The molecule has 0 bridgehead atoms. The second kappa shape index (κ2) is 20.2. The molecule has 0 aliphatic heterocycles. The van der Waals surface area contributed by atoms with Gasteiger partial charge in [-0.1, -0.05) is 95.2 Å². The predicted octanol–water partition coefficient (Wildman–Crippen LogP) is 8.53. The molecule has 0 heterocycles. The van der Waals surface area contributed by atoms with Crippen molar-refractivity contribution in [1.29, 1.82) is 0 Å². The number of aliphatic hydroxyl groups is 2. The van der Waals surface area contributed by atoms with Crippen molar-refractivity contribution in [2.45, 2.75) is 104 Å². The fourth-order valence-electron chi connectivity index (χ4n) is 6.60. The van der Waals surface area contributed by atoms with Crippen molar-refractivity contribution in [2.75, 3.05) is 26.4 Å². The van der Waals surface area contributed by atoms with E-state index in [4.69, 9.17) is 9.47 Å². The molecule has 1 fully saturated rings. The smallest absolute Gasteiger partial charge is 0.333 e. The van der Waals surface area contributed by atoms with E-state index in [-0.39, 0.29) is 44.3 Å². The van der Waals surface area contributed by atoms with Gasteiger partial charge >= 0.3 is 11.9 Å². The Labute approximate surface area is 283 Å². The topological polar surface area (TPSA) is 93.1 Å². The van der Waals surface area contributed by atoms with Crippen molar-refractivity contribution in [1.82, 2.24) is 0 Å². The molecule has 6 heteroatoms. The van der Waals surface area contributed by atoms with Crippen LogP contribution in [-0.4, -0.2) is 48.6 Å². The maximum absolute atomic E-state index is 12.6. The molecule has 0 spiro atoms. The van der Waals surface area contributed by atoms with Crippen LogP contribution < -0.4 is 0 Å². The van der Waals surface area contributed by atoms with Gasteiger partial charge in [0.05, 0.1) is 13.2 Å². The predicted molar refractivity (Wildman–Crippen MR) is 190 cm³/mol. The summed E-state index contributed by atoms with van der Waals surface area (Å²) in [7, 11) is 0. The van der Waals surface area contributed by atoms with Crippen LogP contribution in [0.3, 0.4) is 0 Å². The molecule has 0 amide bonds. The SMILES string of the molecule is C=C(C)C(=O)OCC(CCc1ccc(-c2ccc(C3CCC(CCCCC)CC3)cc2)cc1CC)COC(=O)C(=C)CC(CO)CO. The molecule has 1 aliphatic carbocycles. The highest BCUT2D eigenvalue weighted by atomic mass is 16.5. The molecular weight excluding hydrogens is 588 g/mol. The van der Waals surface area contributed by atoms with Crippen molar-refractivity contribution >= 4 is 11.9 Å². The fraction of sp³-hybridized carbons (Fsp3) is 0.561. The summed E-state index contributed by atoms with van der Waals surface area (Å²) in [4.78, 5) is 24.7. The molecule has 2 aromatic rings. The lowest BCUT2D eigenvalue weighted by atomic mass is 9.77. The zero-order valence-electron chi connectivity index (χ0n) is 29.1. The second-order valence-electron chi connectivity index (χ2n) is 13.6. The van der Waals surface area contributed by atoms with Gasteiger partial charge in [-0.3, -0.25) is 0 Å². The number of carbonyl (C=O) groups excluding carboxylic acids is 2. The fourth-order valence-corrected chi connectivity index (χ4v) is 6.60. The number of aryl methyl sites for hydroxylation is 2. The molecule has 2 N–H and O–H groups in total. The third-order valence-electron chi connectivity index (χ3n) is 9.78. The largest absolute Gasteiger partial charge is 0.462 e. The third-order valence-corrected chi connectivity index (χ3v) is 9.78. The molecule has 1 unspecified atom stereocenters. The molecule has 0 saturated heterocycles. The van der Waals surface area contributed by atoms with Gasteiger partial charge in [0.25, 0.3) is 0 Å². The third kappa shape index (κ3) is 12.4. The number of carbonyl (C=O) groups is 2. The van der Waals surface area contributed by atoms with Gasteiger partial charge in [-0.15, -0.1) is 0 Å². The minimum atomic E-state index is -0.576. The van der Waals surface area contributed by atoms with Crippen molar-refractivity contribution in [2.24, 2.45) is 17.8 Å². The number of hydrogen-bond acceptors (Lipinski definition) is 6. The standard InChI is InChI=1S/C41H58O6/c1-6-8-9-10-31-11-14-36(15-12-31)37-17-19-38(20-18-37)39-22-21-35(34(7-2)24-39)16-13-32(27-46-40(44)29(3)4)28-47-41(45)30(5)23-33(25-42)26-43/h17-22,24,31-33,36,42-43H,3,5-16,23,25-28H2,1-2,4H3. The van der Waals surface area contributed by atoms with E-state index >= 15 is 0 Å². The first-order valence-corrected chi connectivity index (χ1v) is 17.8. The molecular formula is C41H58O6. The zero-order valence-corrected chi connectivity index (χ0v) is 29.1. The summed E-state index contributed by atoms with van der Waals surface area (Å²) in [5.41, 5.74) is 6.91. The number of ether oxygens (including phenoxy) is 2. The number of unbranched alkanes of at least 4 members (excludes halogenated alkanes) is 2. The summed E-state index contributed by atoms with van der Waals surface area (Å²) in [5.74, 6) is -0.127. The Kier molecular flexibility index (Phi) is 16.4. The van der Waals surface area contributed by atoms with Crippen LogP contribution in [0, 0.1) is 17.8 Å². The number of hydrogen-bond donors (Lipinski definition) is 2. The minimum absolute atomic E-state index is 0.0661. The van der Waals surface area contributed by atoms with Crippen LogP contribution in [0.4, 0.5) is 0 Å². The van der Waals surface area contributed by atoms with E-state index in [9.17, 15) is 19.8 Å². The van der Waals surface area contributed by atoms with E-state index in [2.05, 4.69) is 69.5 Å². The Balaban J connectivity index is 1.61. The highest BCUT2D eigenvalue weighted by Gasteiger charge is 2.23. The number of esters is 2. The lowest BCUT2D eigenvalue weighted by Gasteiger charge is -2.29. The van der Waals surface area contributed by atoms with Gasteiger partial charge < -0.3 is 19.7 Å². The quantitative estimate of drug-likeness (QED) is 0.0851. The molecule has 1 atom stereocenters. The van der Waals surface area contributed by atoms with Gasteiger partial charge in [-0.2, -0.15) is 0 Å². The van der Waals surface area contributed by atoms with Crippen molar-refractivity contribution in [3.8, 4) is 11.1 Å². The molecule has 1 saturated carbocycles. The molecule has 47 heavy (non-hydrogen) atoms. The Hall–Kier alpha value is -3.22. The lowest BCUT2D eigenvalue weighted by molar-refractivity contribution is -0.144. The molecule has 0 aromatic heterocycles. The first kappa shape index (κ1) is 38.2. The molecule has 258 valence electrons. The van der Waals surface area contributed by atoms with E-state index in [1.807, 2.05) is 0 Å². The first-order valence-electron chi connectivity index (χ1n) is 17.8. The van der Waals surface area contributed by atoms with Crippen LogP contribution in [-0.2, 0) is 31.9 Å². The Bertz CT molecular complexity index is 1280. The maximum Gasteiger partial charge on any atom is 0.333 e. The molecule has 3 rings (SSSR count). The Morgan fingerprint density at radius 1 is 0.830 bits per heavy atom. The van der Waals surface area contributed by atoms with Crippen LogP contribution in [0.1, 0.15) is 108 Å². The number of benzene rings is 2. The van der Waals surface area contributed by atoms with E-state index in [0.717, 1.165) is 18.8 Å². The van der Waals surface area contributed by atoms with Gasteiger partial charge in [-0.05, 0) is 97.9 Å². The zero-order chi connectivity index (χ0) is 34.2. The summed E-state index contributed by atoms with van der Waals surface area (Å²) >= 11 is 0. The van der Waals surface area contributed by atoms with Crippen LogP contribution in [0.2, 0.25) is 0 Å². The van der Waals surface area contributed by atoms with Gasteiger partial charge in [0, 0.05) is 36.2 Å². The lowest BCUT2D eigenvalue weighted by Crippen LogP contribution is -2.23. The summed E-state index contributed by atoms with van der Waals surface area (Å²) in [6, 6.07) is 15.9. The maximum atomic E-state index is 12.6. The first-order chi connectivity index (χ1) is 22.7. The van der Waals surface area contributed by atoms with Gasteiger partial charge in [0.2, 0.25) is 0 Å². The van der Waals surface area contributed by atoms with Gasteiger partial charge in [-0.25, -0.2) is 9.59 Å². The molecule has 1 aliphatic rings. The minimum Gasteiger partial charge on any atom is -0.462 e. The van der Waals surface area contributed by atoms with Crippen molar-refractivity contribution in [3.05, 3.63) is 83.5 Å². The van der Waals surface area contributed by atoms with E-state index in [0.29, 0.717) is 17.9 Å². The average Bonchev–Trinajstić information content (AvgIpc) is 3.10. The van der Waals surface area contributed by atoms with Gasteiger partial charge in [0.1, 0.15) is 0 Å². The van der Waals surface area contributed by atoms with E-state index in [1.165, 1.54) is 79.2 Å². The Morgan fingerprint density at radius 3 is 2.06 bits per heavy atom. The highest BCUT2D eigenvalue weighted by Crippen LogP contribution is 2.38. The second-order valence-corrected chi connectivity index (χ2v) is 13.6. The number of aliphatic hydroxyl groups excluding tert-OH is 2.